The van der Waals surface area contributed by atoms with Gasteiger partial charge in [-0.3, -0.25) is 9.59 Å². The van der Waals surface area contributed by atoms with E-state index in [0.29, 0.717) is 0 Å². The lowest BCUT2D eigenvalue weighted by atomic mass is 10.1. The molecule has 2 amide bonds. The highest BCUT2D eigenvalue weighted by Gasteiger charge is 2.38. The van der Waals surface area contributed by atoms with E-state index < -0.39 is 30.4 Å². The highest BCUT2D eigenvalue weighted by molar-refractivity contribution is 6.02. The fraction of sp³-hybridized carbons (Fsp3) is 0.111. The summed E-state index contributed by atoms with van der Waals surface area (Å²) >= 11 is 0. The average Bonchev–Trinajstić information content (AvgIpc) is 2.59. The number of alkyl halides is 3. The highest BCUT2D eigenvalue weighted by Crippen LogP contribution is 2.18. The monoisotopic (exact) mass is 366 g/mol. The van der Waals surface area contributed by atoms with Crippen LogP contribution in [0.1, 0.15) is 11.1 Å². The number of amides is 2. The van der Waals surface area contributed by atoms with E-state index in [1.165, 1.54) is 36.4 Å². The summed E-state index contributed by atoms with van der Waals surface area (Å²) in [7, 11) is 0. The molecular weight excluding hydrogens is 352 g/mol. The number of nitrogens with one attached hydrogen (secondary N) is 2. The molecule has 2 rings (SSSR count). The lowest BCUT2D eigenvalue weighted by Crippen LogP contribution is -2.36. The Labute approximate surface area is 146 Å². The van der Waals surface area contributed by atoms with Crippen LogP contribution in [0.25, 0.3) is 6.08 Å². The Morgan fingerprint density at radius 3 is 2.35 bits per heavy atom. The van der Waals surface area contributed by atoms with E-state index in [0.717, 1.165) is 6.08 Å². The maximum atomic E-state index is 13.5. The minimum absolute atomic E-state index is 0.216. The van der Waals surface area contributed by atoms with Crippen LogP contribution in [0.4, 0.5) is 23.2 Å². The summed E-state index contributed by atoms with van der Waals surface area (Å²) in [5.74, 6) is -3.16. The van der Waals surface area contributed by atoms with Gasteiger partial charge in [0.15, 0.2) is 0 Å². The van der Waals surface area contributed by atoms with Crippen molar-refractivity contribution in [3.8, 4) is 0 Å². The normalized spacial score (nSPS) is 11.4. The number of benzene rings is 2. The fourth-order valence-electron chi connectivity index (χ4n) is 2.02. The van der Waals surface area contributed by atoms with Crippen LogP contribution in [0.2, 0.25) is 0 Å². The fourth-order valence-corrected chi connectivity index (χ4v) is 2.02. The molecule has 2 aromatic carbocycles. The van der Waals surface area contributed by atoms with E-state index in [1.54, 1.807) is 23.5 Å². The van der Waals surface area contributed by atoms with Crippen LogP contribution in [0, 0.1) is 5.82 Å². The van der Waals surface area contributed by atoms with E-state index in [-0.39, 0.29) is 16.8 Å². The Morgan fingerprint density at radius 2 is 1.65 bits per heavy atom. The Balaban J connectivity index is 2.04. The van der Waals surface area contributed by atoms with Gasteiger partial charge in [-0.1, -0.05) is 36.4 Å². The first-order valence-corrected chi connectivity index (χ1v) is 7.44. The zero-order valence-corrected chi connectivity index (χ0v) is 13.3. The molecule has 136 valence electrons. The van der Waals surface area contributed by atoms with E-state index in [1.807, 2.05) is 0 Å². The molecule has 0 radical (unpaired) electrons. The third-order valence-corrected chi connectivity index (χ3v) is 3.29. The summed E-state index contributed by atoms with van der Waals surface area (Å²) in [4.78, 5) is 22.9. The van der Waals surface area contributed by atoms with Crippen molar-refractivity contribution in [2.45, 2.75) is 12.7 Å². The van der Waals surface area contributed by atoms with Gasteiger partial charge in [-0.2, -0.15) is 13.2 Å². The van der Waals surface area contributed by atoms with Gasteiger partial charge in [0.05, 0.1) is 0 Å². The number of anilines is 1. The highest BCUT2D eigenvalue weighted by atomic mass is 19.4. The van der Waals surface area contributed by atoms with Gasteiger partial charge in [0.1, 0.15) is 5.82 Å². The van der Waals surface area contributed by atoms with Crippen molar-refractivity contribution >= 4 is 23.6 Å². The van der Waals surface area contributed by atoms with Crippen LogP contribution < -0.4 is 10.6 Å². The number of para-hydroxylation sites is 1. The molecule has 0 spiro atoms. The smallest absolute Gasteiger partial charge is 0.344 e. The predicted octanol–water partition coefficient (Wildman–Crippen LogP) is 3.66. The molecule has 0 aliphatic rings. The molecule has 0 unspecified atom stereocenters. The number of carbonyl (C=O) groups excluding carboxylic acids is 2. The SMILES string of the molecule is O=C(/C=C/c1ccccc1F)Nc1ccccc1CNC(=O)C(F)(F)F. The molecule has 8 heteroatoms. The standard InChI is InChI=1S/C18H14F4N2O2/c19-14-7-3-1-5-12(14)9-10-16(25)24-15-8-4-2-6-13(15)11-23-17(26)18(20,21)22/h1-10H,11H2,(H,23,26)(H,24,25)/b10-9+. The Bertz CT molecular complexity index is 832. The average molecular weight is 366 g/mol. The molecule has 0 fully saturated rings. The first-order valence-electron chi connectivity index (χ1n) is 7.44. The van der Waals surface area contributed by atoms with Crippen LogP contribution in [0.15, 0.2) is 54.6 Å². The Kier molecular flexibility index (Phi) is 6.11. The minimum atomic E-state index is -4.99. The molecule has 0 bridgehead atoms. The van der Waals surface area contributed by atoms with Crippen LogP contribution in [0.5, 0.6) is 0 Å². The van der Waals surface area contributed by atoms with Crippen molar-refractivity contribution in [2.75, 3.05) is 5.32 Å². The molecule has 0 aliphatic heterocycles. The van der Waals surface area contributed by atoms with Crippen molar-refractivity contribution < 1.29 is 27.2 Å². The van der Waals surface area contributed by atoms with Crippen molar-refractivity contribution in [1.29, 1.82) is 0 Å². The quantitative estimate of drug-likeness (QED) is 0.627. The second-order valence-corrected chi connectivity index (χ2v) is 5.18. The molecule has 0 saturated carbocycles. The third-order valence-electron chi connectivity index (χ3n) is 3.29. The van der Waals surface area contributed by atoms with Crippen molar-refractivity contribution in [2.24, 2.45) is 0 Å². The summed E-state index contributed by atoms with van der Waals surface area (Å²) in [6, 6.07) is 11.9. The molecule has 4 nitrogen and oxygen atoms in total. The van der Waals surface area contributed by atoms with Gasteiger partial charge in [-0.05, 0) is 23.8 Å². The second-order valence-electron chi connectivity index (χ2n) is 5.18. The van der Waals surface area contributed by atoms with Crippen molar-refractivity contribution in [1.82, 2.24) is 5.32 Å². The van der Waals surface area contributed by atoms with Gasteiger partial charge in [-0.15, -0.1) is 0 Å². The first-order chi connectivity index (χ1) is 12.3. The van der Waals surface area contributed by atoms with Gasteiger partial charge in [0.25, 0.3) is 0 Å². The van der Waals surface area contributed by atoms with E-state index >= 15 is 0 Å². The van der Waals surface area contributed by atoms with Crippen molar-refractivity contribution in [3.05, 3.63) is 71.6 Å². The number of rotatable bonds is 5. The lowest BCUT2D eigenvalue weighted by Gasteiger charge is -2.12. The summed E-state index contributed by atoms with van der Waals surface area (Å²) in [5.41, 5.74) is 0.740. The first kappa shape index (κ1) is 19.2. The predicted molar refractivity (Wildman–Crippen MR) is 88.4 cm³/mol. The molecule has 0 saturated heterocycles. The van der Waals surface area contributed by atoms with Crippen LogP contribution in [0.3, 0.4) is 0 Å². The Hall–Kier alpha value is -3.16. The van der Waals surface area contributed by atoms with Gasteiger partial charge >= 0.3 is 12.1 Å². The minimum Gasteiger partial charge on any atom is -0.344 e. The van der Waals surface area contributed by atoms with E-state index in [4.69, 9.17) is 0 Å². The third kappa shape index (κ3) is 5.44. The molecule has 0 atom stereocenters. The zero-order valence-electron chi connectivity index (χ0n) is 13.3. The maximum Gasteiger partial charge on any atom is 0.471 e. The molecule has 2 aromatic rings. The number of halogens is 4. The van der Waals surface area contributed by atoms with E-state index in [2.05, 4.69) is 5.32 Å². The van der Waals surface area contributed by atoms with Crippen LogP contribution in [-0.2, 0) is 16.1 Å². The summed E-state index contributed by atoms with van der Waals surface area (Å²) in [6.07, 6.45) is -2.61. The van der Waals surface area contributed by atoms with Crippen molar-refractivity contribution in [3.63, 3.8) is 0 Å². The van der Waals surface area contributed by atoms with Gasteiger partial charge < -0.3 is 10.6 Å². The molecular formula is C18H14F4N2O2. The van der Waals surface area contributed by atoms with Crippen LogP contribution >= 0.6 is 0 Å². The number of hydrogen-bond acceptors (Lipinski definition) is 2. The molecule has 0 aliphatic carbocycles. The molecule has 0 aromatic heterocycles. The number of carbonyl (C=O) groups is 2. The number of hydrogen-bond donors (Lipinski definition) is 2. The van der Waals surface area contributed by atoms with Gasteiger partial charge in [-0.25, -0.2) is 4.39 Å². The molecule has 0 heterocycles. The lowest BCUT2D eigenvalue weighted by molar-refractivity contribution is -0.173. The Morgan fingerprint density at radius 1 is 1.00 bits per heavy atom. The summed E-state index contributed by atoms with van der Waals surface area (Å²) in [5, 5.41) is 4.22. The largest absolute Gasteiger partial charge is 0.471 e. The van der Waals surface area contributed by atoms with Gasteiger partial charge in [0.2, 0.25) is 5.91 Å². The van der Waals surface area contributed by atoms with Crippen LogP contribution in [-0.4, -0.2) is 18.0 Å². The maximum absolute atomic E-state index is 13.5. The topological polar surface area (TPSA) is 58.2 Å². The zero-order chi connectivity index (χ0) is 19.2. The van der Waals surface area contributed by atoms with E-state index in [9.17, 15) is 27.2 Å². The van der Waals surface area contributed by atoms with Gasteiger partial charge in [0, 0.05) is 23.9 Å². The molecule has 26 heavy (non-hydrogen) atoms. The summed E-state index contributed by atoms with van der Waals surface area (Å²) in [6.45, 7) is -0.411. The molecule has 2 N–H and O–H groups in total. The summed E-state index contributed by atoms with van der Waals surface area (Å²) < 4.78 is 50.2. The second kappa shape index (κ2) is 8.28.